The molecular formula is C21H30N6O. The SMILES string of the molecule is Cc1nccc(NCC2(C=O)CCC(C(C)N)CC2)c1/C=C(\N)n1cccn1. The van der Waals surface area contributed by atoms with Gasteiger partial charge in [-0.15, -0.1) is 0 Å². The van der Waals surface area contributed by atoms with Crippen molar-refractivity contribution in [3.8, 4) is 0 Å². The molecule has 3 rings (SSSR count). The first-order valence-electron chi connectivity index (χ1n) is 9.83. The number of pyridine rings is 1. The number of rotatable bonds is 7. The van der Waals surface area contributed by atoms with E-state index in [-0.39, 0.29) is 11.5 Å². The quantitative estimate of drug-likeness (QED) is 0.635. The molecule has 7 heteroatoms. The van der Waals surface area contributed by atoms with Gasteiger partial charge in [0.1, 0.15) is 12.1 Å². The fraction of sp³-hybridized carbons (Fsp3) is 0.476. The first-order chi connectivity index (χ1) is 13.4. The van der Waals surface area contributed by atoms with Gasteiger partial charge in [0.25, 0.3) is 0 Å². The number of nitrogens with one attached hydrogen (secondary N) is 1. The zero-order valence-corrected chi connectivity index (χ0v) is 16.6. The normalized spacial score (nSPS) is 24.0. The Morgan fingerprint density at radius 1 is 1.43 bits per heavy atom. The summed E-state index contributed by atoms with van der Waals surface area (Å²) in [5, 5.41) is 7.64. The highest BCUT2D eigenvalue weighted by Crippen LogP contribution is 2.39. The summed E-state index contributed by atoms with van der Waals surface area (Å²) in [5.41, 5.74) is 14.6. The lowest BCUT2D eigenvalue weighted by Crippen LogP contribution is -2.39. The predicted octanol–water partition coefficient (Wildman–Crippen LogP) is 2.64. The maximum Gasteiger partial charge on any atom is 0.127 e. The van der Waals surface area contributed by atoms with Gasteiger partial charge in [0.2, 0.25) is 0 Å². The first-order valence-corrected chi connectivity index (χ1v) is 9.83. The number of aromatic nitrogens is 3. The second-order valence-electron chi connectivity index (χ2n) is 7.91. The minimum Gasteiger partial charge on any atom is -0.384 e. The van der Waals surface area contributed by atoms with E-state index in [0.29, 0.717) is 18.3 Å². The lowest BCUT2D eigenvalue weighted by atomic mass is 9.69. The number of nitrogens with two attached hydrogens (primary N) is 2. The van der Waals surface area contributed by atoms with Gasteiger partial charge in [-0.25, -0.2) is 4.68 Å². The Morgan fingerprint density at radius 2 is 2.18 bits per heavy atom. The van der Waals surface area contributed by atoms with Crippen LogP contribution >= 0.6 is 0 Å². The standard InChI is InChI=1S/C21H30N6O/c1-15(22)17-4-7-21(14-28,8-5-17)13-25-19-6-10-24-16(2)18(19)12-20(23)27-11-3-9-26-27/h3,6,9-12,14-15,17H,4-5,7-8,13,22-23H2,1-2H3,(H,24,25)/b20-12+. The second-order valence-corrected chi connectivity index (χ2v) is 7.91. The predicted molar refractivity (Wildman–Crippen MR) is 112 cm³/mol. The molecule has 1 fully saturated rings. The zero-order valence-electron chi connectivity index (χ0n) is 16.6. The molecule has 5 N–H and O–H groups in total. The van der Waals surface area contributed by atoms with Gasteiger partial charge in [-0.1, -0.05) is 0 Å². The number of carbonyl (C=O) groups excluding carboxylic acids is 1. The summed E-state index contributed by atoms with van der Waals surface area (Å²) in [6.45, 7) is 4.59. The number of aryl methyl sites for hydroxylation is 1. The molecular weight excluding hydrogens is 352 g/mol. The molecule has 2 aromatic rings. The third kappa shape index (κ3) is 4.42. The highest BCUT2D eigenvalue weighted by molar-refractivity contribution is 5.77. The number of hydrogen-bond donors (Lipinski definition) is 3. The molecule has 150 valence electrons. The molecule has 0 aromatic carbocycles. The van der Waals surface area contributed by atoms with Crippen molar-refractivity contribution in [1.29, 1.82) is 0 Å². The topological polar surface area (TPSA) is 112 Å². The summed E-state index contributed by atoms with van der Waals surface area (Å²) in [6, 6.07) is 3.92. The monoisotopic (exact) mass is 382 g/mol. The summed E-state index contributed by atoms with van der Waals surface area (Å²) < 4.78 is 1.61. The van der Waals surface area contributed by atoms with Crippen LogP contribution in [0.1, 0.15) is 43.9 Å². The van der Waals surface area contributed by atoms with Crippen LogP contribution in [0.25, 0.3) is 11.9 Å². The van der Waals surface area contributed by atoms with Gasteiger partial charge in [0.05, 0.1) is 0 Å². The van der Waals surface area contributed by atoms with Gasteiger partial charge in [-0.2, -0.15) is 5.10 Å². The Labute approximate surface area is 166 Å². The highest BCUT2D eigenvalue weighted by Gasteiger charge is 2.36. The van der Waals surface area contributed by atoms with Crippen LogP contribution in [-0.4, -0.2) is 33.6 Å². The highest BCUT2D eigenvalue weighted by atomic mass is 16.1. The summed E-state index contributed by atoms with van der Waals surface area (Å²) in [7, 11) is 0. The summed E-state index contributed by atoms with van der Waals surface area (Å²) in [6.07, 6.45) is 11.9. The minimum atomic E-state index is -0.350. The number of anilines is 1. The minimum absolute atomic E-state index is 0.183. The Morgan fingerprint density at radius 3 is 2.79 bits per heavy atom. The van der Waals surface area contributed by atoms with E-state index in [9.17, 15) is 4.79 Å². The molecule has 28 heavy (non-hydrogen) atoms. The van der Waals surface area contributed by atoms with Gasteiger partial charge in [0, 0.05) is 53.5 Å². The second kappa shape index (κ2) is 8.56. The molecule has 0 bridgehead atoms. The van der Waals surface area contributed by atoms with Crippen LogP contribution in [0.2, 0.25) is 0 Å². The summed E-state index contributed by atoms with van der Waals surface area (Å²) >= 11 is 0. The van der Waals surface area contributed by atoms with Crippen LogP contribution < -0.4 is 16.8 Å². The molecule has 1 aliphatic carbocycles. The summed E-state index contributed by atoms with van der Waals surface area (Å²) in [4.78, 5) is 16.3. The van der Waals surface area contributed by atoms with E-state index in [2.05, 4.69) is 22.3 Å². The average molecular weight is 383 g/mol. The van der Waals surface area contributed by atoms with Gasteiger partial charge < -0.3 is 21.6 Å². The fourth-order valence-electron chi connectivity index (χ4n) is 3.90. The van der Waals surface area contributed by atoms with E-state index in [1.807, 2.05) is 25.1 Å². The van der Waals surface area contributed by atoms with Crippen molar-refractivity contribution in [2.75, 3.05) is 11.9 Å². The van der Waals surface area contributed by atoms with Crippen LogP contribution in [0, 0.1) is 18.3 Å². The van der Waals surface area contributed by atoms with Crippen molar-refractivity contribution in [3.63, 3.8) is 0 Å². The number of carbonyl (C=O) groups is 1. The maximum atomic E-state index is 11.9. The molecule has 1 unspecified atom stereocenters. The van der Waals surface area contributed by atoms with Crippen molar-refractivity contribution >= 4 is 23.9 Å². The molecule has 1 atom stereocenters. The van der Waals surface area contributed by atoms with E-state index >= 15 is 0 Å². The zero-order chi connectivity index (χ0) is 20.1. The van der Waals surface area contributed by atoms with Crippen LogP contribution in [0.15, 0.2) is 30.7 Å². The van der Waals surface area contributed by atoms with E-state index < -0.39 is 0 Å². The molecule has 0 saturated heterocycles. The van der Waals surface area contributed by atoms with Crippen LogP contribution in [0.3, 0.4) is 0 Å². The smallest absolute Gasteiger partial charge is 0.127 e. The molecule has 2 aromatic heterocycles. The van der Waals surface area contributed by atoms with Crippen molar-refractivity contribution in [3.05, 3.63) is 42.0 Å². The average Bonchev–Trinajstić information content (AvgIpc) is 3.23. The number of aldehydes is 1. The third-order valence-corrected chi connectivity index (χ3v) is 5.90. The van der Waals surface area contributed by atoms with E-state index in [0.717, 1.165) is 48.9 Å². The van der Waals surface area contributed by atoms with Crippen LogP contribution in [-0.2, 0) is 4.79 Å². The van der Waals surface area contributed by atoms with Gasteiger partial charge in [-0.3, -0.25) is 4.98 Å². The van der Waals surface area contributed by atoms with Gasteiger partial charge >= 0.3 is 0 Å². The van der Waals surface area contributed by atoms with Crippen molar-refractivity contribution < 1.29 is 4.79 Å². The molecule has 0 spiro atoms. The summed E-state index contributed by atoms with van der Waals surface area (Å²) in [5.74, 6) is 1.01. The van der Waals surface area contributed by atoms with Crippen LogP contribution in [0.4, 0.5) is 5.69 Å². The van der Waals surface area contributed by atoms with Gasteiger partial charge in [0.15, 0.2) is 0 Å². The maximum absolute atomic E-state index is 11.9. The van der Waals surface area contributed by atoms with E-state index in [1.54, 1.807) is 23.3 Å². The molecule has 7 nitrogen and oxygen atoms in total. The Balaban J connectivity index is 1.77. The number of hydrogen-bond acceptors (Lipinski definition) is 6. The largest absolute Gasteiger partial charge is 0.384 e. The Hall–Kier alpha value is -2.67. The first kappa shape index (κ1) is 20.1. The fourth-order valence-corrected chi connectivity index (χ4v) is 3.90. The molecule has 1 saturated carbocycles. The van der Waals surface area contributed by atoms with Crippen molar-refractivity contribution in [2.45, 2.75) is 45.6 Å². The van der Waals surface area contributed by atoms with Crippen molar-refractivity contribution in [1.82, 2.24) is 14.8 Å². The molecule has 0 aliphatic heterocycles. The molecule has 1 aliphatic rings. The molecule has 2 heterocycles. The Bertz CT molecular complexity index is 819. The van der Waals surface area contributed by atoms with Crippen molar-refractivity contribution in [2.24, 2.45) is 22.8 Å². The molecule has 0 radical (unpaired) electrons. The van der Waals surface area contributed by atoms with Crippen LogP contribution in [0.5, 0.6) is 0 Å². The van der Waals surface area contributed by atoms with E-state index in [1.165, 1.54) is 0 Å². The lowest BCUT2D eigenvalue weighted by Gasteiger charge is -2.37. The lowest BCUT2D eigenvalue weighted by molar-refractivity contribution is -0.117. The third-order valence-electron chi connectivity index (χ3n) is 5.90. The van der Waals surface area contributed by atoms with E-state index in [4.69, 9.17) is 11.5 Å². The van der Waals surface area contributed by atoms with Gasteiger partial charge in [-0.05, 0) is 63.7 Å². The Kier molecular flexibility index (Phi) is 6.14. The molecule has 0 amide bonds. The number of nitrogens with zero attached hydrogens (tertiary/aromatic N) is 3.